The van der Waals surface area contributed by atoms with Gasteiger partial charge in [-0.1, -0.05) is 0 Å². The van der Waals surface area contributed by atoms with Crippen LogP contribution in [0.2, 0.25) is 0 Å². The zero-order chi connectivity index (χ0) is 14.4. The lowest BCUT2D eigenvalue weighted by atomic mass is 9.93. The highest BCUT2D eigenvalue weighted by atomic mass is 16.6. The van der Waals surface area contributed by atoms with Gasteiger partial charge in [0.05, 0.1) is 4.92 Å². The lowest BCUT2D eigenvalue weighted by Crippen LogP contribution is -2.09. The minimum atomic E-state index is -0.267. The van der Waals surface area contributed by atoms with Crippen LogP contribution in [0, 0.1) is 17.0 Å². The number of hydrogen-bond donors (Lipinski definition) is 0. The van der Waals surface area contributed by atoms with Crippen molar-refractivity contribution in [2.24, 2.45) is 0 Å². The van der Waals surface area contributed by atoms with Crippen LogP contribution in [0.4, 0.5) is 5.69 Å². The normalized spacial score (nSPS) is 14.8. The molecule has 1 aliphatic rings. The largest absolute Gasteiger partial charge is 0.342 e. The van der Waals surface area contributed by atoms with Gasteiger partial charge < -0.3 is 4.57 Å². The maximum absolute atomic E-state index is 11.2. The van der Waals surface area contributed by atoms with E-state index in [1.54, 1.807) is 6.07 Å². The fraction of sp³-hybridized carbons (Fsp3) is 0.500. The Kier molecular flexibility index (Phi) is 3.04. The fourth-order valence-corrected chi connectivity index (χ4v) is 3.63. The van der Waals surface area contributed by atoms with E-state index in [2.05, 4.69) is 18.4 Å². The third kappa shape index (κ3) is 1.74. The smallest absolute Gasteiger partial charge is 0.273 e. The van der Waals surface area contributed by atoms with Gasteiger partial charge >= 0.3 is 0 Å². The molecule has 4 heteroatoms. The molecule has 0 radical (unpaired) electrons. The van der Waals surface area contributed by atoms with Crippen LogP contribution >= 0.6 is 0 Å². The van der Waals surface area contributed by atoms with E-state index in [-0.39, 0.29) is 10.6 Å². The standard InChI is InChI=1S/C16H20N2O2/c1-10(2)17-14-7-5-4-6-12(14)16-11(3)13(18(19)20)8-9-15(16)17/h8-10H,4-7H2,1-3H3. The highest BCUT2D eigenvalue weighted by molar-refractivity contribution is 5.91. The number of nitro benzene ring substituents is 1. The molecule has 0 spiro atoms. The summed E-state index contributed by atoms with van der Waals surface area (Å²) in [6.45, 7) is 6.26. The van der Waals surface area contributed by atoms with Gasteiger partial charge in [0.25, 0.3) is 5.69 Å². The summed E-state index contributed by atoms with van der Waals surface area (Å²) in [4.78, 5) is 10.9. The summed E-state index contributed by atoms with van der Waals surface area (Å²) in [6.07, 6.45) is 4.55. The molecule has 3 rings (SSSR count). The van der Waals surface area contributed by atoms with E-state index in [1.807, 2.05) is 13.0 Å². The Labute approximate surface area is 118 Å². The number of benzene rings is 1. The lowest BCUT2D eigenvalue weighted by Gasteiger charge is -2.18. The summed E-state index contributed by atoms with van der Waals surface area (Å²) in [5, 5.41) is 12.3. The fourth-order valence-electron chi connectivity index (χ4n) is 3.63. The molecule has 0 N–H and O–H groups in total. The van der Waals surface area contributed by atoms with Crippen molar-refractivity contribution in [3.8, 4) is 0 Å². The summed E-state index contributed by atoms with van der Waals surface area (Å²) in [6, 6.07) is 3.97. The maximum atomic E-state index is 11.2. The molecule has 0 saturated heterocycles. The number of hydrogen-bond acceptors (Lipinski definition) is 2. The maximum Gasteiger partial charge on any atom is 0.273 e. The predicted molar refractivity (Wildman–Crippen MR) is 80.4 cm³/mol. The first-order valence-corrected chi connectivity index (χ1v) is 7.32. The van der Waals surface area contributed by atoms with Crippen molar-refractivity contribution in [1.29, 1.82) is 0 Å². The van der Waals surface area contributed by atoms with E-state index >= 15 is 0 Å². The van der Waals surface area contributed by atoms with Crippen LogP contribution in [0.1, 0.15) is 49.6 Å². The molecule has 0 atom stereocenters. The van der Waals surface area contributed by atoms with Gasteiger partial charge in [-0.3, -0.25) is 10.1 Å². The molecule has 0 amide bonds. The number of aryl methyl sites for hydroxylation is 2. The predicted octanol–water partition coefficient (Wildman–Crippen LogP) is 4.32. The van der Waals surface area contributed by atoms with E-state index in [9.17, 15) is 10.1 Å². The van der Waals surface area contributed by atoms with Crippen molar-refractivity contribution >= 4 is 16.6 Å². The quantitative estimate of drug-likeness (QED) is 0.604. The van der Waals surface area contributed by atoms with Gasteiger partial charge in [0.15, 0.2) is 0 Å². The highest BCUT2D eigenvalue weighted by Gasteiger charge is 2.25. The van der Waals surface area contributed by atoms with Gasteiger partial charge in [0.1, 0.15) is 0 Å². The summed E-state index contributed by atoms with van der Waals surface area (Å²) in [5.74, 6) is 0. The molecule has 0 bridgehead atoms. The molecule has 1 aromatic heterocycles. The van der Waals surface area contributed by atoms with Crippen LogP contribution in [0.25, 0.3) is 10.9 Å². The number of nitrogens with zero attached hydrogens (tertiary/aromatic N) is 2. The minimum absolute atomic E-state index is 0.242. The van der Waals surface area contributed by atoms with Crippen LogP contribution in [0.15, 0.2) is 12.1 Å². The Hall–Kier alpha value is -1.84. The van der Waals surface area contributed by atoms with Crippen LogP contribution in [0.5, 0.6) is 0 Å². The Morgan fingerprint density at radius 1 is 1.25 bits per heavy atom. The molecular formula is C16H20N2O2. The Bertz CT molecular complexity index is 698. The third-order valence-corrected chi connectivity index (χ3v) is 4.42. The summed E-state index contributed by atoms with van der Waals surface area (Å²) >= 11 is 0. The van der Waals surface area contributed by atoms with E-state index in [1.165, 1.54) is 24.1 Å². The van der Waals surface area contributed by atoms with Crippen LogP contribution < -0.4 is 0 Å². The second-order valence-electron chi connectivity index (χ2n) is 5.96. The van der Waals surface area contributed by atoms with Gasteiger partial charge in [-0.2, -0.15) is 0 Å². The second kappa shape index (κ2) is 4.62. The number of rotatable bonds is 2. The Morgan fingerprint density at radius 3 is 2.60 bits per heavy atom. The minimum Gasteiger partial charge on any atom is -0.342 e. The van der Waals surface area contributed by atoms with E-state index in [4.69, 9.17) is 0 Å². The lowest BCUT2D eigenvalue weighted by molar-refractivity contribution is -0.385. The van der Waals surface area contributed by atoms with Crippen molar-refractivity contribution in [1.82, 2.24) is 4.57 Å². The van der Waals surface area contributed by atoms with Crippen molar-refractivity contribution in [3.63, 3.8) is 0 Å². The Morgan fingerprint density at radius 2 is 1.95 bits per heavy atom. The van der Waals surface area contributed by atoms with Crippen LogP contribution in [-0.4, -0.2) is 9.49 Å². The van der Waals surface area contributed by atoms with Gasteiger partial charge in [-0.25, -0.2) is 0 Å². The first kappa shape index (κ1) is 13.2. The molecule has 0 saturated carbocycles. The monoisotopic (exact) mass is 272 g/mol. The van der Waals surface area contributed by atoms with Crippen LogP contribution in [0.3, 0.4) is 0 Å². The summed E-state index contributed by atoms with van der Waals surface area (Å²) in [7, 11) is 0. The number of nitro groups is 1. The van der Waals surface area contributed by atoms with Crippen molar-refractivity contribution < 1.29 is 4.92 Å². The zero-order valence-corrected chi connectivity index (χ0v) is 12.3. The zero-order valence-electron chi connectivity index (χ0n) is 12.3. The molecule has 106 valence electrons. The molecule has 0 fully saturated rings. The van der Waals surface area contributed by atoms with E-state index < -0.39 is 0 Å². The molecule has 1 heterocycles. The van der Waals surface area contributed by atoms with Gasteiger partial charge in [-0.05, 0) is 58.1 Å². The molecule has 0 aliphatic heterocycles. The first-order chi connectivity index (χ1) is 9.52. The number of fused-ring (bicyclic) bond motifs is 3. The van der Waals surface area contributed by atoms with E-state index in [0.717, 1.165) is 29.3 Å². The van der Waals surface area contributed by atoms with Gasteiger partial charge in [0, 0.05) is 34.3 Å². The summed E-state index contributed by atoms with van der Waals surface area (Å²) in [5.41, 5.74) is 4.97. The Balaban J connectivity index is 2.41. The van der Waals surface area contributed by atoms with Crippen molar-refractivity contribution in [2.45, 2.75) is 52.5 Å². The van der Waals surface area contributed by atoms with Gasteiger partial charge in [-0.15, -0.1) is 0 Å². The molecule has 4 nitrogen and oxygen atoms in total. The van der Waals surface area contributed by atoms with Gasteiger partial charge in [0.2, 0.25) is 0 Å². The molecule has 1 aliphatic carbocycles. The highest BCUT2D eigenvalue weighted by Crippen LogP contribution is 2.38. The SMILES string of the molecule is Cc1c([N+](=O)[O-])ccc2c1c1c(n2C(C)C)CCCC1. The van der Waals surface area contributed by atoms with Crippen molar-refractivity contribution in [2.75, 3.05) is 0 Å². The molecule has 2 aromatic rings. The topological polar surface area (TPSA) is 48.1 Å². The first-order valence-electron chi connectivity index (χ1n) is 7.32. The average molecular weight is 272 g/mol. The number of aromatic nitrogens is 1. The molecule has 20 heavy (non-hydrogen) atoms. The second-order valence-corrected chi connectivity index (χ2v) is 5.96. The van der Waals surface area contributed by atoms with Crippen molar-refractivity contribution in [3.05, 3.63) is 39.1 Å². The average Bonchev–Trinajstić information content (AvgIpc) is 2.73. The molecule has 0 unspecified atom stereocenters. The van der Waals surface area contributed by atoms with E-state index in [0.29, 0.717) is 6.04 Å². The summed E-state index contributed by atoms with van der Waals surface area (Å²) < 4.78 is 2.38. The molecular weight excluding hydrogens is 252 g/mol. The van der Waals surface area contributed by atoms with Crippen LogP contribution in [-0.2, 0) is 12.8 Å². The molecule has 1 aromatic carbocycles. The third-order valence-electron chi connectivity index (χ3n) is 4.42.